The Balaban J connectivity index is 1.89. The van der Waals surface area contributed by atoms with E-state index in [-0.39, 0.29) is 11.9 Å². The number of hydrogen-bond acceptors (Lipinski definition) is 3. The maximum absolute atomic E-state index is 12.9. The average Bonchev–Trinajstić information content (AvgIpc) is 3.03. The molecule has 1 amide bonds. The molecular weight excluding hydrogens is 326 g/mol. The van der Waals surface area contributed by atoms with Gasteiger partial charge in [-0.1, -0.05) is 6.07 Å². The van der Waals surface area contributed by atoms with Gasteiger partial charge in [0.25, 0.3) is 5.91 Å². The van der Waals surface area contributed by atoms with Crippen LogP contribution in [0.3, 0.4) is 0 Å². The third-order valence-electron chi connectivity index (χ3n) is 4.90. The summed E-state index contributed by atoms with van der Waals surface area (Å²) >= 11 is 0. The van der Waals surface area contributed by atoms with Gasteiger partial charge >= 0.3 is 0 Å². The van der Waals surface area contributed by atoms with Crippen molar-refractivity contribution in [2.24, 2.45) is 7.05 Å². The quantitative estimate of drug-likeness (QED) is 0.784. The summed E-state index contributed by atoms with van der Waals surface area (Å²) < 4.78 is 3.85. The second-order valence-electron chi connectivity index (χ2n) is 6.71. The van der Waals surface area contributed by atoms with Crippen LogP contribution in [0.5, 0.6) is 0 Å². The summed E-state index contributed by atoms with van der Waals surface area (Å²) in [7, 11) is 1.92. The summed E-state index contributed by atoms with van der Waals surface area (Å²) in [4.78, 5) is 17.3. The van der Waals surface area contributed by atoms with Crippen molar-refractivity contribution in [2.75, 3.05) is 0 Å². The number of aromatic nitrogens is 4. The van der Waals surface area contributed by atoms with Gasteiger partial charge < -0.3 is 9.88 Å². The minimum Gasteiger partial charge on any atom is -0.345 e. The van der Waals surface area contributed by atoms with Gasteiger partial charge in [-0.3, -0.25) is 9.48 Å². The highest BCUT2D eigenvalue weighted by Crippen LogP contribution is 2.23. The summed E-state index contributed by atoms with van der Waals surface area (Å²) in [5.41, 5.74) is 5.60. The van der Waals surface area contributed by atoms with E-state index in [0.29, 0.717) is 5.56 Å². The Labute approximate surface area is 153 Å². The Hall–Kier alpha value is -2.89. The average molecular weight is 351 g/mol. The van der Waals surface area contributed by atoms with Crippen molar-refractivity contribution in [3.63, 3.8) is 0 Å². The van der Waals surface area contributed by atoms with Gasteiger partial charge in [-0.15, -0.1) is 0 Å². The zero-order valence-electron chi connectivity index (χ0n) is 16.2. The lowest BCUT2D eigenvalue weighted by Gasteiger charge is -2.15. The number of pyridine rings is 1. The van der Waals surface area contributed by atoms with Gasteiger partial charge in [-0.25, -0.2) is 4.98 Å². The molecule has 0 aliphatic carbocycles. The fourth-order valence-electron chi connectivity index (χ4n) is 3.59. The molecule has 0 fully saturated rings. The molecule has 0 radical (unpaired) electrons. The molecule has 6 nitrogen and oxygen atoms in total. The molecule has 3 rings (SSSR count). The molecular formula is C20H25N5O. The van der Waals surface area contributed by atoms with Crippen LogP contribution in [0.1, 0.15) is 51.7 Å². The monoisotopic (exact) mass is 351 g/mol. The highest BCUT2D eigenvalue weighted by atomic mass is 16.1. The molecule has 3 aromatic heterocycles. The predicted molar refractivity (Wildman–Crippen MR) is 102 cm³/mol. The predicted octanol–water partition coefficient (Wildman–Crippen LogP) is 3.33. The van der Waals surface area contributed by atoms with Crippen LogP contribution in [0, 0.1) is 27.7 Å². The van der Waals surface area contributed by atoms with Crippen LogP contribution in [0.4, 0.5) is 0 Å². The molecule has 1 N–H and O–H groups in total. The molecule has 6 heteroatoms. The molecule has 0 saturated carbocycles. The first-order valence-electron chi connectivity index (χ1n) is 8.72. The summed E-state index contributed by atoms with van der Waals surface area (Å²) in [6.07, 6.45) is 1.75. The van der Waals surface area contributed by atoms with Crippen molar-refractivity contribution < 1.29 is 4.79 Å². The molecule has 136 valence electrons. The summed E-state index contributed by atoms with van der Waals surface area (Å²) in [6, 6.07) is 7.55. The van der Waals surface area contributed by atoms with E-state index in [4.69, 9.17) is 0 Å². The molecule has 0 aromatic carbocycles. The van der Waals surface area contributed by atoms with Crippen LogP contribution in [0.15, 0.2) is 30.5 Å². The van der Waals surface area contributed by atoms with Gasteiger partial charge in [0.05, 0.1) is 17.3 Å². The minimum absolute atomic E-state index is 0.0876. The third-order valence-corrected chi connectivity index (χ3v) is 4.90. The van der Waals surface area contributed by atoms with Crippen molar-refractivity contribution in [1.82, 2.24) is 24.6 Å². The lowest BCUT2D eigenvalue weighted by atomic mass is 10.1. The van der Waals surface area contributed by atoms with Gasteiger partial charge in [-0.2, -0.15) is 5.10 Å². The van der Waals surface area contributed by atoms with Crippen molar-refractivity contribution >= 4 is 5.91 Å². The summed E-state index contributed by atoms with van der Waals surface area (Å²) in [5, 5.41) is 7.55. The maximum Gasteiger partial charge on any atom is 0.253 e. The largest absolute Gasteiger partial charge is 0.345 e. The van der Waals surface area contributed by atoms with E-state index >= 15 is 0 Å². The first kappa shape index (κ1) is 17.9. The lowest BCUT2D eigenvalue weighted by Crippen LogP contribution is -2.27. The van der Waals surface area contributed by atoms with Crippen LogP contribution < -0.4 is 5.32 Å². The molecule has 0 spiro atoms. The van der Waals surface area contributed by atoms with Crippen molar-refractivity contribution in [3.8, 4) is 5.82 Å². The van der Waals surface area contributed by atoms with E-state index in [2.05, 4.69) is 15.4 Å². The van der Waals surface area contributed by atoms with E-state index in [1.54, 1.807) is 6.20 Å². The fraction of sp³-hybridized carbons (Fsp3) is 0.350. The van der Waals surface area contributed by atoms with E-state index in [9.17, 15) is 4.79 Å². The number of aryl methyl sites for hydroxylation is 3. The second kappa shape index (κ2) is 6.78. The highest BCUT2D eigenvalue weighted by Gasteiger charge is 2.22. The number of nitrogens with one attached hydrogen (secondary N) is 1. The Bertz CT molecular complexity index is 952. The van der Waals surface area contributed by atoms with E-state index in [0.717, 1.165) is 34.2 Å². The zero-order valence-corrected chi connectivity index (χ0v) is 16.2. The van der Waals surface area contributed by atoms with E-state index in [1.807, 2.05) is 75.2 Å². The van der Waals surface area contributed by atoms with Crippen LogP contribution in [-0.4, -0.2) is 25.2 Å². The fourth-order valence-corrected chi connectivity index (χ4v) is 3.59. The molecule has 0 aliphatic rings. The van der Waals surface area contributed by atoms with Crippen LogP contribution >= 0.6 is 0 Å². The summed E-state index contributed by atoms with van der Waals surface area (Å²) in [5.74, 6) is 0.726. The van der Waals surface area contributed by atoms with Crippen LogP contribution in [0.2, 0.25) is 0 Å². The number of nitrogens with zero attached hydrogens (tertiary/aromatic N) is 4. The second-order valence-corrected chi connectivity index (χ2v) is 6.71. The maximum atomic E-state index is 12.9. The zero-order chi connectivity index (χ0) is 19.0. The number of hydrogen-bond donors (Lipinski definition) is 1. The van der Waals surface area contributed by atoms with Gasteiger partial charge in [0.15, 0.2) is 0 Å². The molecule has 3 aromatic rings. The molecule has 0 bridgehead atoms. The molecule has 26 heavy (non-hydrogen) atoms. The Kier molecular flexibility index (Phi) is 4.68. The molecule has 1 atom stereocenters. The van der Waals surface area contributed by atoms with E-state index < -0.39 is 0 Å². The SMILES string of the molecule is Cc1nn(C)c(C)c1C(C)NC(=O)c1cc(C)n(-c2ccccn2)c1C. The standard InChI is InChI=1S/C20H25N5O/c1-12-11-17(15(4)25(12)18-9-7-8-10-21-18)20(26)22-13(2)19-14(3)23-24(6)16(19)5/h7-11,13H,1-6H3,(H,22,26). The number of rotatable bonds is 4. The first-order valence-corrected chi connectivity index (χ1v) is 8.72. The molecule has 3 heterocycles. The van der Waals surface area contributed by atoms with Crippen molar-refractivity contribution in [3.05, 3.63) is 64.4 Å². The molecule has 1 unspecified atom stereocenters. The third kappa shape index (κ3) is 3.03. The number of carbonyl (C=O) groups excluding carboxylic acids is 1. The van der Waals surface area contributed by atoms with Gasteiger partial charge in [0.1, 0.15) is 5.82 Å². The van der Waals surface area contributed by atoms with Crippen LogP contribution in [0.25, 0.3) is 5.82 Å². The molecule has 0 saturated heterocycles. The summed E-state index contributed by atoms with van der Waals surface area (Å²) in [6.45, 7) is 9.91. The lowest BCUT2D eigenvalue weighted by molar-refractivity contribution is 0.0939. The highest BCUT2D eigenvalue weighted by molar-refractivity contribution is 5.96. The van der Waals surface area contributed by atoms with Crippen molar-refractivity contribution in [1.29, 1.82) is 0 Å². The van der Waals surface area contributed by atoms with Gasteiger partial charge in [0, 0.05) is 35.9 Å². The Morgan fingerprint density at radius 2 is 1.88 bits per heavy atom. The smallest absolute Gasteiger partial charge is 0.253 e. The minimum atomic E-state index is -0.117. The van der Waals surface area contributed by atoms with Crippen molar-refractivity contribution in [2.45, 2.75) is 40.7 Å². The van der Waals surface area contributed by atoms with Crippen LogP contribution in [-0.2, 0) is 7.05 Å². The molecule has 0 aliphatic heterocycles. The number of amides is 1. The van der Waals surface area contributed by atoms with Gasteiger partial charge in [0.2, 0.25) is 0 Å². The number of carbonyl (C=O) groups is 1. The normalized spacial score (nSPS) is 12.2. The van der Waals surface area contributed by atoms with Gasteiger partial charge in [-0.05, 0) is 52.8 Å². The first-order chi connectivity index (χ1) is 12.3. The topological polar surface area (TPSA) is 64.7 Å². The Morgan fingerprint density at radius 3 is 2.46 bits per heavy atom. The Morgan fingerprint density at radius 1 is 1.15 bits per heavy atom. The van der Waals surface area contributed by atoms with E-state index in [1.165, 1.54) is 0 Å².